The molecule has 0 heterocycles. The Labute approximate surface area is 119 Å². The molecule has 1 N–H and O–H groups in total. The number of carboxylic acid groups (broad SMARTS) is 1. The van der Waals surface area contributed by atoms with Crippen LogP contribution >= 0.6 is 15.9 Å². The van der Waals surface area contributed by atoms with E-state index in [1.165, 1.54) is 0 Å². The van der Waals surface area contributed by atoms with Crippen LogP contribution in [0.3, 0.4) is 0 Å². The fraction of sp³-hybridized carbons (Fsp3) is 0.364. The highest BCUT2D eigenvalue weighted by Gasteiger charge is 2.28. The van der Waals surface area contributed by atoms with E-state index in [9.17, 15) is 17.6 Å². The van der Waals surface area contributed by atoms with Crippen LogP contribution in [-0.2, 0) is 10.0 Å². The Hall–Kier alpha value is -0.990. The lowest BCUT2D eigenvalue weighted by Gasteiger charge is -2.19. The van der Waals surface area contributed by atoms with E-state index in [-0.39, 0.29) is 17.6 Å². The first-order chi connectivity index (χ1) is 8.75. The van der Waals surface area contributed by atoms with Gasteiger partial charge in [0.2, 0.25) is 10.0 Å². The topological polar surface area (TPSA) is 74.7 Å². The Morgan fingerprint density at radius 3 is 2.32 bits per heavy atom. The van der Waals surface area contributed by atoms with Gasteiger partial charge in [0.25, 0.3) is 0 Å². The molecule has 106 valence electrons. The Morgan fingerprint density at radius 2 is 1.89 bits per heavy atom. The molecular formula is C11H13BrFNO4S. The van der Waals surface area contributed by atoms with Crippen LogP contribution in [-0.4, -0.2) is 36.9 Å². The minimum Gasteiger partial charge on any atom is -0.478 e. The molecule has 1 aromatic rings. The maximum Gasteiger partial charge on any atom is 0.338 e. The van der Waals surface area contributed by atoms with Crippen molar-refractivity contribution >= 4 is 31.9 Å². The van der Waals surface area contributed by atoms with Crippen LogP contribution in [0.1, 0.15) is 24.2 Å². The Morgan fingerprint density at radius 1 is 1.37 bits per heavy atom. The normalized spacial score (nSPS) is 11.8. The van der Waals surface area contributed by atoms with Gasteiger partial charge in [-0.05, 0) is 12.1 Å². The highest BCUT2D eigenvalue weighted by atomic mass is 79.9. The highest BCUT2D eigenvalue weighted by molar-refractivity contribution is 9.10. The second kappa shape index (κ2) is 5.98. The molecule has 0 saturated heterocycles. The van der Waals surface area contributed by atoms with E-state index in [0.29, 0.717) is 0 Å². The molecular weight excluding hydrogens is 341 g/mol. The summed E-state index contributed by atoms with van der Waals surface area (Å²) < 4.78 is 39.7. The summed E-state index contributed by atoms with van der Waals surface area (Å²) in [6, 6.07) is 2.09. The Bertz CT molecular complexity index is 599. The van der Waals surface area contributed by atoms with Crippen LogP contribution in [0.2, 0.25) is 0 Å². The van der Waals surface area contributed by atoms with Gasteiger partial charge in [-0.15, -0.1) is 0 Å². The number of nitrogens with zero attached hydrogens (tertiary/aromatic N) is 1. The van der Waals surface area contributed by atoms with Gasteiger partial charge in [-0.3, -0.25) is 0 Å². The van der Waals surface area contributed by atoms with Crippen LogP contribution in [0.4, 0.5) is 4.39 Å². The summed E-state index contributed by atoms with van der Waals surface area (Å²) in [5.74, 6) is -2.77. The average Bonchev–Trinajstić information content (AvgIpc) is 2.32. The number of benzene rings is 1. The van der Waals surface area contributed by atoms with Gasteiger partial charge in [0.1, 0.15) is 4.90 Å². The lowest BCUT2D eigenvalue weighted by atomic mass is 10.2. The molecule has 0 amide bonds. The van der Waals surface area contributed by atoms with Crippen LogP contribution in [0.15, 0.2) is 21.5 Å². The van der Waals surface area contributed by atoms with Gasteiger partial charge < -0.3 is 5.11 Å². The molecule has 19 heavy (non-hydrogen) atoms. The summed E-state index contributed by atoms with van der Waals surface area (Å²) in [5.41, 5.74) is -0.680. The number of hydrogen-bond acceptors (Lipinski definition) is 3. The number of aromatic carboxylic acids is 1. The third-order valence-electron chi connectivity index (χ3n) is 2.56. The molecule has 0 saturated carbocycles. The van der Waals surface area contributed by atoms with E-state index in [4.69, 9.17) is 5.11 Å². The van der Waals surface area contributed by atoms with Crippen molar-refractivity contribution in [2.45, 2.75) is 18.7 Å². The Kier molecular flexibility index (Phi) is 5.05. The maximum atomic E-state index is 14.0. The van der Waals surface area contributed by atoms with Gasteiger partial charge >= 0.3 is 5.97 Å². The number of carbonyl (C=O) groups is 1. The van der Waals surface area contributed by atoms with E-state index in [0.717, 1.165) is 16.4 Å². The first-order valence-electron chi connectivity index (χ1n) is 5.48. The summed E-state index contributed by atoms with van der Waals surface area (Å²) in [6.07, 6.45) is 0. The van der Waals surface area contributed by atoms with Crippen molar-refractivity contribution in [3.8, 4) is 0 Å². The molecule has 0 aromatic heterocycles. The predicted octanol–water partition coefficient (Wildman–Crippen LogP) is 2.32. The standard InChI is InChI=1S/C11H13BrFNO4S/c1-3-14(4-2)19(17,18)9-6-7(12)5-8(10(9)13)11(15)16/h5-6H,3-4H2,1-2H3,(H,15,16). The molecule has 0 fully saturated rings. The molecule has 0 unspecified atom stereocenters. The third-order valence-corrected chi connectivity index (χ3v) is 5.06. The number of hydrogen-bond donors (Lipinski definition) is 1. The molecule has 0 bridgehead atoms. The largest absolute Gasteiger partial charge is 0.478 e. The van der Waals surface area contributed by atoms with Crippen molar-refractivity contribution in [1.82, 2.24) is 4.31 Å². The smallest absolute Gasteiger partial charge is 0.338 e. The highest BCUT2D eigenvalue weighted by Crippen LogP contribution is 2.26. The summed E-state index contributed by atoms with van der Waals surface area (Å²) in [5, 5.41) is 8.86. The number of carboxylic acids is 1. The van der Waals surface area contributed by atoms with Gasteiger partial charge in [0.15, 0.2) is 5.82 Å². The number of sulfonamides is 1. The van der Waals surface area contributed by atoms with Crippen molar-refractivity contribution in [3.63, 3.8) is 0 Å². The van der Waals surface area contributed by atoms with Gasteiger partial charge in [0.05, 0.1) is 5.56 Å². The van der Waals surface area contributed by atoms with Gasteiger partial charge in [-0.1, -0.05) is 29.8 Å². The maximum absolute atomic E-state index is 14.0. The molecule has 1 aromatic carbocycles. The van der Waals surface area contributed by atoms with E-state index < -0.39 is 32.3 Å². The summed E-state index contributed by atoms with van der Waals surface area (Å²) in [7, 11) is -4.05. The molecule has 5 nitrogen and oxygen atoms in total. The molecule has 0 radical (unpaired) electrons. The number of rotatable bonds is 5. The van der Waals surface area contributed by atoms with Crippen molar-refractivity contribution in [2.24, 2.45) is 0 Å². The van der Waals surface area contributed by atoms with Crippen molar-refractivity contribution in [1.29, 1.82) is 0 Å². The van der Waals surface area contributed by atoms with Crippen LogP contribution < -0.4 is 0 Å². The van der Waals surface area contributed by atoms with E-state index in [1.807, 2.05) is 0 Å². The first-order valence-corrected chi connectivity index (χ1v) is 7.71. The summed E-state index contributed by atoms with van der Waals surface area (Å²) >= 11 is 2.99. The molecule has 0 aliphatic carbocycles. The quantitative estimate of drug-likeness (QED) is 0.881. The Balaban J connectivity index is 3.55. The second-order valence-electron chi connectivity index (χ2n) is 3.66. The minimum absolute atomic E-state index is 0.174. The summed E-state index contributed by atoms with van der Waals surface area (Å²) in [4.78, 5) is 10.3. The minimum atomic E-state index is -4.05. The van der Waals surface area contributed by atoms with Crippen LogP contribution in [0, 0.1) is 5.82 Å². The first kappa shape index (κ1) is 16.1. The van der Waals surface area contributed by atoms with E-state index >= 15 is 0 Å². The molecule has 0 aliphatic rings. The van der Waals surface area contributed by atoms with Gasteiger partial charge in [-0.25, -0.2) is 17.6 Å². The summed E-state index contributed by atoms with van der Waals surface area (Å²) in [6.45, 7) is 3.59. The zero-order valence-electron chi connectivity index (χ0n) is 10.4. The van der Waals surface area contributed by atoms with E-state index in [2.05, 4.69) is 15.9 Å². The molecule has 0 atom stereocenters. The lowest BCUT2D eigenvalue weighted by Crippen LogP contribution is -2.31. The zero-order valence-corrected chi connectivity index (χ0v) is 12.8. The third kappa shape index (κ3) is 3.13. The van der Waals surface area contributed by atoms with Crippen LogP contribution in [0.25, 0.3) is 0 Å². The molecule has 1 rings (SSSR count). The second-order valence-corrected chi connectivity index (χ2v) is 6.48. The fourth-order valence-corrected chi connectivity index (χ4v) is 3.79. The van der Waals surface area contributed by atoms with Crippen molar-refractivity contribution < 1.29 is 22.7 Å². The zero-order chi connectivity index (χ0) is 14.8. The molecule has 8 heteroatoms. The lowest BCUT2D eigenvalue weighted by molar-refractivity contribution is 0.0691. The fourth-order valence-electron chi connectivity index (χ4n) is 1.61. The van der Waals surface area contributed by atoms with Crippen LogP contribution in [0.5, 0.6) is 0 Å². The predicted molar refractivity (Wildman–Crippen MR) is 71.2 cm³/mol. The monoisotopic (exact) mass is 353 g/mol. The number of halogens is 2. The molecule has 0 spiro atoms. The average molecular weight is 354 g/mol. The van der Waals surface area contributed by atoms with Gasteiger partial charge in [0, 0.05) is 17.6 Å². The SMILES string of the molecule is CCN(CC)S(=O)(=O)c1cc(Br)cc(C(=O)O)c1F. The molecule has 0 aliphatic heterocycles. The van der Waals surface area contributed by atoms with E-state index in [1.54, 1.807) is 13.8 Å². The van der Waals surface area contributed by atoms with Crippen molar-refractivity contribution in [2.75, 3.05) is 13.1 Å². The van der Waals surface area contributed by atoms with Gasteiger partial charge in [-0.2, -0.15) is 4.31 Å². The van der Waals surface area contributed by atoms with Crippen molar-refractivity contribution in [3.05, 3.63) is 28.0 Å².